The monoisotopic (exact) mass is 146 g/mol. The molecule has 9 heavy (non-hydrogen) atoms. The molecule has 3 heteroatoms. The summed E-state index contributed by atoms with van der Waals surface area (Å²) in [6, 6.07) is 0. The third-order valence-corrected chi connectivity index (χ3v) is 2.42. The number of hydrogen-bond donors (Lipinski definition) is 0. The van der Waals surface area contributed by atoms with Crippen LogP contribution in [-0.2, 0) is 9.53 Å². The van der Waals surface area contributed by atoms with Crippen LogP contribution in [0.4, 0.5) is 0 Å². The van der Waals surface area contributed by atoms with Gasteiger partial charge in [-0.3, -0.25) is 0 Å². The fourth-order valence-corrected chi connectivity index (χ4v) is 1.80. The van der Waals surface area contributed by atoms with Crippen molar-refractivity contribution in [3.63, 3.8) is 0 Å². The Hall–Kier alpha value is -0.0200. The quantitative estimate of drug-likeness (QED) is 0.545. The van der Waals surface area contributed by atoms with Crippen LogP contribution in [0.3, 0.4) is 0 Å². The first-order chi connectivity index (χ1) is 4.33. The molecule has 0 radical (unpaired) electrons. The van der Waals surface area contributed by atoms with Gasteiger partial charge >= 0.3 is 0 Å². The second-order valence-corrected chi connectivity index (χ2v) is 3.71. The standard InChI is InChI=1S/C6H10O2S/c1-5-4-8-6(9-5)2-3-7/h3,5-6H,2,4H2,1H3. The Morgan fingerprint density at radius 3 is 3.11 bits per heavy atom. The summed E-state index contributed by atoms with van der Waals surface area (Å²) >= 11 is 1.74. The van der Waals surface area contributed by atoms with Crippen LogP contribution in [0.25, 0.3) is 0 Å². The van der Waals surface area contributed by atoms with Crippen molar-refractivity contribution in [2.24, 2.45) is 0 Å². The van der Waals surface area contributed by atoms with Gasteiger partial charge in [0, 0.05) is 11.7 Å². The van der Waals surface area contributed by atoms with E-state index in [2.05, 4.69) is 6.92 Å². The zero-order valence-corrected chi connectivity index (χ0v) is 6.19. The van der Waals surface area contributed by atoms with Crippen molar-refractivity contribution in [1.29, 1.82) is 0 Å². The fraction of sp³-hybridized carbons (Fsp3) is 0.833. The summed E-state index contributed by atoms with van der Waals surface area (Å²) in [6.07, 6.45) is 1.45. The maximum atomic E-state index is 9.97. The SMILES string of the molecule is CC1COC(CC=O)S1. The lowest BCUT2D eigenvalue weighted by Crippen LogP contribution is -2.00. The lowest BCUT2D eigenvalue weighted by Gasteiger charge is -2.00. The second-order valence-electron chi connectivity index (χ2n) is 2.11. The maximum absolute atomic E-state index is 9.97. The third kappa shape index (κ3) is 1.99. The van der Waals surface area contributed by atoms with Gasteiger partial charge in [-0.2, -0.15) is 0 Å². The molecule has 2 nitrogen and oxygen atoms in total. The summed E-state index contributed by atoms with van der Waals surface area (Å²) in [4.78, 5) is 9.97. The number of carbonyl (C=O) groups is 1. The average molecular weight is 146 g/mol. The van der Waals surface area contributed by atoms with Crippen molar-refractivity contribution >= 4 is 18.0 Å². The molecule has 1 heterocycles. The molecular formula is C6H10O2S. The van der Waals surface area contributed by atoms with Gasteiger partial charge in [-0.15, -0.1) is 11.8 Å². The molecule has 0 aromatic rings. The van der Waals surface area contributed by atoms with E-state index in [0.29, 0.717) is 11.7 Å². The molecule has 0 aliphatic carbocycles. The highest BCUT2D eigenvalue weighted by molar-refractivity contribution is 8.00. The molecule has 0 spiro atoms. The maximum Gasteiger partial charge on any atom is 0.123 e. The lowest BCUT2D eigenvalue weighted by molar-refractivity contribution is -0.109. The molecule has 1 aliphatic rings. The molecule has 0 aromatic heterocycles. The molecule has 1 saturated heterocycles. The van der Waals surface area contributed by atoms with Crippen LogP contribution in [0.15, 0.2) is 0 Å². The predicted molar refractivity (Wildman–Crippen MR) is 37.5 cm³/mol. The minimum atomic E-state index is 0.137. The van der Waals surface area contributed by atoms with Crippen LogP contribution in [0.2, 0.25) is 0 Å². The van der Waals surface area contributed by atoms with Gasteiger partial charge in [0.15, 0.2) is 0 Å². The number of rotatable bonds is 2. The predicted octanol–water partition coefficient (Wildman–Crippen LogP) is 1.05. The summed E-state index contributed by atoms with van der Waals surface area (Å²) in [6.45, 7) is 2.90. The first kappa shape index (κ1) is 7.09. The van der Waals surface area contributed by atoms with Crippen molar-refractivity contribution < 1.29 is 9.53 Å². The van der Waals surface area contributed by atoms with E-state index in [1.54, 1.807) is 11.8 Å². The summed E-state index contributed by atoms with van der Waals surface area (Å²) in [5.74, 6) is 0. The first-order valence-electron chi connectivity index (χ1n) is 3.03. The Bertz CT molecular complexity index is 105. The number of aldehydes is 1. The summed E-state index contributed by atoms with van der Waals surface area (Å²) < 4.78 is 5.24. The first-order valence-corrected chi connectivity index (χ1v) is 3.98. The minimum absolute atomic E-state index is 0.137. The highest BCUT2D eigenvalue weighted by atomic mass is 32.2. The minimum Gasteiger partial charge on any atom is -0.366 e. The Labute approximate surface area is 59.0 Å². The van der Waals surface area contributed by atoms with Gasteiger partial charge in [0.05, 0.1) is 6.61 Å². The van der Waals surface area contributed by atoms with Crippen molar-refractivity contribution in [1.82, 2.24) is 0 Å². The molecule has 2 atom stereocenters. The van der Waals surface area contributed by atoms with E-state index in [1.807, 2.05) is 0 Å². The summed E-state index contributed by atoms with van der Waals surface area (Å²) in [7, 11) is 0. The zero-order valence-electron chi connectivity index (χ0n) is 5.37. The van der Waals surface area contributed by atoms with Crippen LogP contribution < -0.4 is 0 Å². The van der Waals surface area contributed by atoms with Gasteiger partial charge in [-0.1, -0.05) is 6.92 Å². The van der Waals surface area contributed by atoms with E-state index in [-0.39, 0.29) is 5.44 Å². The molecule has 1 fully saturated rings. The molecule has 0 bridgehead atoms. The van der Waals surface area contributed by atoms with Crippen LogP contribution in [0.5, 0.6) is 0 Å². The van der Waals surface area contributed by atoms with E-state index in [0.717, 1.165) is 12.9 Å². The van der Waals surface area contributed by atoms with Crippen LogP contribution in [-0.4, -0.2) is 23.6 Å². The molecule has 0 N–H and O–H groups in total. The molecule has 0 saturated carbocycles. The van der Waals surface area contributed by atoms with Gasteiger partial charge in [-0.25, -0.2) is 0 Å². The summed E-state index contributed by atoms with van der Waals surface area (Å²) in [5, 5.41) is 0.565. The molecule has 2 unspecified atom stereocenters. The molecule has 1 rings (SSSR count). The Balaban J connectivity index is 2.21. The van der Waals surface area contributed by atoms with E-state index >= 15 is 0 Å². The van der Waals surface area contributed by atoms with Gasteiger partial charge in [0.1, 0.15) is 11.7 Å². The van der Waals surface area contributed by atoms with E-state index in [4.69, 9.17) is 4.74 Å². The molecule has 1 aliphatic heterocycles. The fourth-order valence-electron chi connectivity index (χ4n) is 0.783. The molecule has 52 valence electrons. The second kappa shape index (κ2) is 3.22. The highest BCUT2D eigenvalue weighted by Crippen LogP contribution is 2.27. The van der Waals surface area contributed by atoms with Crippen molar-refractivity contribution in [2.45, 2.75) is 24.0 Å². The third-order valence-electron chi connectivity index (χ3n) is 1.19. The smallest absolute Gasteiger partial charge is 0.123 e. The molecule has 0 amide bonds. The highest BCUT2D eigenvalue weighted by Gasteiger charge is 2.21. The van der Waals surface area contributed by atoms with Gasteiger partial charge in [0.25, 0.3) is 0 Å². The molecule has 0 aromatic carbocycles. The lowest BCUT2D eigenvalue weighted by atomic mass is 10.5. The number of ether oxygens (including phenoxy) is 1. The number of carbonyl (C=O) groups excluding carboxylic acids is 1. The number of thioether (sulfide) groups is 1. The zero-order chi connectivity index (χ0) is 6.69. The van der Waals surface area contributed by atoms with Crippen LogP contribution >= 0.6 is 11.8 Å². The largest absolute Gasteiger partial charge is 0.366 e. The van der Waals surface area contributed by atoms with E-state index < -0.39 is 0 Å². The van der Waals surface area contributed by atoms with Crippen molar-refractivity contribution in [3.05, 3.63) is 0 Å². The van der Waals surface area contributed by atoms with Gasteiger partial charge in [-0.05, 0) is 0 Å². The number of hydrogen-bond acceptors (Lipinski definition) is 3. The van der Waals surface area contributed by atoms with Gasteiger partial charge in [0.2, 0.25) is 0 Å². The normalized spacial score (nSPS) is 34.8. The topological polar surface area (TPSA) is 26.3 Å². The van der Waals surface area contributed by atoms with Crippen molar-refractivity contribution in [3.8, 4) is 0 Å². The van der Waals surface area contributed by atoms with Crippen molar-refractivity contribution in [2.75, 3.05) is 6.61 Å². The Kier molecular flexibility index (Phi) is 2.54. The molecular weight excluding hydrogens is 136 g/mol. The van der Waals surface area contributed by atoms with E-state index in [1.165, 1.54) is 0 Å². The van der Waals surface area contributed by atoms with Gasteiger partial charge < -0.3 is 9.53 Å². The van der Waals surface area contributed by atoms with Crippen LogP contribution in [0.1, 0.15) is 13.3 Å². The van der Waals surface area contributed by atoms with Crippen LogP contribution in [0, 0.1) is 0 Å². The average Bonchev–Trinajstić information content (AvgIpc) is 2.17. The van der Waals surface area contributed by atoms with E-state index in [9.17, 15) is 4.79 Å². The Morgan fingerprint density at radius 2 is 2.67 bits per heavy atom. The Morgan fingerprint density at radius 1 is 1.89 bits per heavy atom. The summed E-state index contributed by atoms with van der Waals surface area (Å²) in [5.41, 5.74) is 0.137.